The van der Waals surface area contributed by atoms with Gasteiger partial charge in [0.2, 0.25) is 0 Å². The minimum absolute atomic E-state index is 0.255. The lowest BCUT2D eigenvalue weighted by atomic mass is 9.97. The van der Waals surface area contributed by atoms with Crippen LogP contribution in [0.25, 0.3) is 28.0 Å². The number of piperidine rings is 1. The van der Waals surface area contributed by atoms with Gasteiger partial charge < -0.3 is 14.2 Å². The van der Waals surface area contributed by atoms with Crippen molar-refractivity contribution in [2.24, 2.45) is 0 Å². The molecule has 1 aliphatic rings. The highest BCUT2D eigenvalue weighted by Crippen LogP contribution is 2.32. The van der Waals surface area contributed by atoms with Crippen molar-refractivity contribution in [2.45, 2.75) is 52.6 Å². The van der Waals surface area contributed by atoms with Crippen LogP contribution in [0.3, 0.4) is 0 Å². The number of aryl methyl sites for hydroxylation is 2. The largest absolute Gasteiger partial charge is 0.423 e. The second kappa shape index (κ2) is 7.85. The highest BCUT2D eigenvalue weighted by molar-refractivity contribution is 5.81. The van der Waals surface area contributed by atoms with E-state index in [2.05, 4.69) is 38.7 Å². The van der Waals surface area contributed by atoms with Crippen LogP contribution in [0.4, 0.5) is 10.4 Å². The van der Waals surface area contributed by atoms with E-state index in [0.717, 1.165) is 42.8 Å². The Hall–Kier alpha value is -3.00. The first-order valence-corrected chi connectivity index (χ1v) is 11.2. The standard InChI is InChI=1S/C24H29FN6O/c1-6-30-8-7-18(10-16(30)4)29(5)24-27-22-19(25)11-17(12-21(22)32-24)20-9-14(2)23-26-15(3)13-31(23)28-20/h9,11-13,16,18H,6-8,10H2,1-5H3/t16-,18+/m1/s1. The van der Waals surface area contributed by atoms with Crippen molar-refractivity contribution >= 4 is 22.8 Å². The molecule has 1 fully saturated rings. The Bertz CT molecular complexity index is 1290. The molecular weight excluding hydrogens is 407 g/mol. The smallest absolute Gasteiger partial charge is 0.298 e. The fraction of sp³-hybridized carbons (Fsp3) is 0.458. The average Bonchev–Trinajstić information content (AvgIpc) is 3.36. The van der Waals surface area contributed by atoms with Crippen LogP contribution in [0.5, 0.6) is 0 Å². The topological polar surface area (TPSA) is 62.7 Å². The van der Waals surface area contributed by atoms with Crippen molar-refractivity contribution in [1.82, 2.24) is 24.5 Å². The lowest BCUT2D eigenvalue weighted by Gasteiger charge is -2.40. The Morgan fingerprint density at radius 2 is 2.03 bits per heavy atom. The lowest BCUT2D eigenvalue weighted by Crippen LogP contribution is -2.48. The molecule has 32 heavy (non-hydrogen) atoms. The highest BCUT2D eigenvalue weighted by Gasteiger charge is 2.29. The zero-order valence-electron chi connectivity index (χ0n) is 19.3. The first kappa shape index (κ1) is 20.9. The molecule has 0 amide bonds. The summed E-state index contributed by atoms with van der Waals surface area (Å²) < 4.78 is 22.8. The number of benzene rings is 1. The highest BCUT2D eigenvalue weighted by atomic mass is 19.1. The van der Waals surface area contributed by atoms with Crippen LogP contribution >= 0.6 is 0 Å². The molecule has 3 aromatic heterocycles. The first-order chi connectivity index (χ1) is 15.3. The summed E-state index contributed by atoms with van der Waals surface area (Å²) in [5.74, 6) is -0.406. The molecule has 0 N–H and O–H groups in total. The Morgan fingerprint density at radius 1 is 1.22 bits per heavy atom. The normalized spacial score (nSPS) is 19.8. The Kier molecular flexibility index (Phi) is 5.12. The number of oxazole rings is 1. The van der Waals surface area contributed by atoms with Crippen LogP contribution in [-0.2, 0) is 0 Å². The van der Waals surface area contributed by atoms with Crippen LogP contribution < -0.4 is 4.90 Å². The Balaban J connectivity index is 1.48. The van der Waals surface area contributed by atoms with E-state index in [-0.39, 0.29) is 5.52 Å². The van der Waals surface area contributed by atoms with Gasteiger partial charge in [0, 0.05) is 31.2 Å². The molecule has 1 saturated heterocycles. The molecule has 0 aliphatic carbocycles. The van der Waals surface area contributed by atoms with Crippen molar-refractivity contribution in [2.75, 3.05) is 25.0 Å². The molecule has 0 spiro atoms. The van der Waals surface area contributed by atoms with Gasteiger partial charge in [-0.15, -0.1) is 0 Å². The summed E-state index contributed by atoms with van der Waals surface area (Å²) in [5, 5.41) is 4.62. The molecule has 7 nitrogen and oxygen atoms in total. The van der Waals surface area contributed by atoms with Crippen LogP contribution in [-0.4, -0.2) is 56.7 Å². The predicted octanol–water partition coefficient (Wildman–Crippen LogP) is 4.60. The second-order valence-corrected chi connectivity index (χ2v) is 8.93. The first-order valence-electron chi connectivity index (χ1n) is 11.2. The molecule has 2 atom stereocenters. The maximum atomic E-state index is 15.0. The van der Waals surface area contributed by atoms with E-state index >= 15 is 4.39 Å². The number of rotatable bonds is 4. The zero-order valence-corrected chi connectivity index (χ0v) is 19.3. The number of hydrogen-bond acceptors (Lipinski definition) is 6. The van der Waals surface area contributed by atoms with Crippen LogP contribution in [0, 0.1) is 19.7 Å². The van der Waals surface area contributed by atoms with Gasteiger partial charge in [0.1, 0.15) is 5.52 Å². The van der Waals surface area contributed by atoms with Gasteiger partial charge in [0.15, 0.2) is 17.0 Å². The summed E-state index contributed by atoms with van der Waals surface area (Å²) in [6, 6.07) is 6.51. The maximum Gasteiger partial charge on any atom is 0.298 e. The molecular formula is C24H29FN6O. The summed E-state index contributed by atoms with van der Waals surface area (Å²) in [5.41, 5.74) is 4.69. The fourth-order valence-corrected chi connectivity index (χ4v) is 4.84. The lowest BCUT2D eigenvalue weighted by molar-refractivity contribution is 0.152. The minimum Gasteiger partial charge on any atom is -0.423 e. The van der Waals surface area contributed by atoms with E-state index in [4.69, 9.17) is 4.42 Å². The minimum atomic E-state index is -0.406. The Labute approximate surface area is 186 Å². The van der Waals surface area contributed by atoms with E-state index < -0.39 is 5.82 Å². The van der Waals surface area contributed by atoms with Crippen molar-refractivity contribution in [1.29, 1.82) is 0 Å². The molecule has 4 aromatic rings. The number of halogens is 1. The third-order valence-electron chi connectivity index (χ3n) is 6.70. The van der Waals surface area contributed by atoms with Gasteiger partial charge in [-0.05, 0) is 63.9 Å². The van der Waals surface area contributed by atoms with Gasteiger partial charge in [-0.25, -0.2) is 13.9 Å². The molecule has 168 valence electrons. The van der Waals surface area contributed by atoms with E-state index in [1.54, 1.807) is 4.52 Å². The molecule has 1 aromatic carbocycles. The van der Waals surface area contributed by atoms with Crippen molar-refractivity contribution in [3.8, 4) is 11.3 Å². The number of nitrogens with zero attached hydrogens (tertiary/aromatic N) is 6. The van der Waals surface area contributed by atoms with E-state index in [0.29, 0.717) is 34.9 Å². The van der Waals surface area contributed by atoms with Crippen molar-refractivity contribution < 1.29 is 8.81 Å². The van der Waals surface area contributed by atoms with Crippen LogP contribution in [0.15, 0.2) is 28.8 Å². The summed E-state index contributed by atoms with van der Waals surface area (Å²) >= 11 is 0. The van der Waals surface area contributed by atoms with E-state index in [1.807, 2.05) is 39.2 Å². The zero-order chi connectivity index (χ0) is 22.6. The number of fused-ring (bicyclic) bond motifs is 2. The van der Waals surface area contributed by atoms with E-state index in [9.17, 15) is 0 Å². The second-order valence-electron chi connectivity index (χ2n) is 8.93. The van der Waals surface area contributed by atoms with Crippen molar-refractivity contribution in [3.63, 3.8) is 0 Å². The molecule has 1 aliphatic heterocycles. The molecule has 8 heteroatoms. The quantitative estimate of drug-likeness (QED) is 0.466. The van der Waals surface area contributed by atoms with Crippen LogP contribution in [0.2, 0.25) is 0 Å². The van der Waals surface area contributed by atoms with E-state index in [1.165, 1.54) is 6.07 Å². The summed E-state index contributed by atoms with van der Waals surface area (Å²) in [4.78, 5) is 13.5. The number of aromatic nitrogens is 4. The summed E-state index contributed by atoms with van der Waals surface area (Å²) in [6.45, 7) is 10.5. The fourth-order valence-electron chi connectivity index (χ4n) is 4.84. The summed E-state index contributed by atoms with van der Waals surface area (Å²) in [7, 11) is 1.99. The molecule has 0 radical (unpaired) electrons. The number of hydrogen-bond donors (Lipinski definition) is 0. The summed E-state index contributed by atoms with van der Waals surface area (Å²) in [6.07, 6.45) is 3.94. The molecule has 4 heterocycles. The molecule has 0 unspecified atom stereocenters. The molecule has 0 bridgehead atoms. The SMILES string of the molecule is CCN1CC[C@H](N(C)c2nc3c(F)cc(-c4cc(C)c5nc(C)cn5n4)cc3o2)C[C@H]1C. The number of imidazole rings is 1. The predicted molar refractivity (Wildman–Crippen MR) is 124 cm³/mol. The molecule has 0 saturated carbocycles. The van der Waals surface area contributed by atoms with Gasteiger partial charge in [0.05, 0.1) is 17.6 Å². The van der Waals surface area contributed by atoms with Gasteiger partial charge in [-0.2, -0.15) is 10.1 Å². The monoisotopic (exact) mass is 436 g/mol. The third kappa shape index (κ3) is 3.52. The van der Waals surface area contributed by atoms with Crippen molar-refractivity contribution in [3.05, 3.63) is 41.5 Å². The number of likely N-dealkylation sites (tertiary alicyclic amines) is 1. The maximum absolute atomic E-state index is 15.0. The van der Waals surface area contributed by atoms with Gasteiger partial charge >= 0.3 is 0 Å². The molecule has 5 rings (SSSR count). The number of anilines is 1. The third-order valence-corrected chi connectivity index (χ3v) is 6.70. The van der Waals surface area contributed by atoms with Gasteiger partial charge in [0.25, 0.3) is 6.01 Å². The average molecular weight is 437 g/mol. The Morgan fingerprint density at radius 3 is 2.78 bits per heavy atom. The van der Waals surface area contributed by atoms with Crippen LogP contribution in [0.1, 0.15) is 37.9 Å². The van der Waals surface area contributed by atoms with Gasteiger partial charge in [-0.1, -0.05) is 6.92 Å². The van der Waals surface area contributed by atoms with Gasteiger partial charge in [-0.3, -0.25) is 0 Å².